The van der Waals surface area contributed by atoms with Gasteiger partial charge in [0, 0.05) is 5.69 Å². The number of H-pyrrole nitrogens is 1. The Labute approximate surface area is 191 Å². The Bertz CT molecular complexity index is 1540. The molecule has 10 heteroatoms. The van der Waals surface area contributed by atoms with Gasteiger partial charge in [0.2, 0.25) is 0 Å². The Morgan fingerprint density at radius 1 is 1.12 bits per heavy atom. The highest BCUT2D eigenvalue weighted by atomic mass is 35.5. The van der Waals surface area contributed by atoms with Gasteiger partial charge in [0.25, 0.3) is 5.56 Å². The topological polar surface area (TPSA) is 88.5 Å². The molecule has 5 rings (SSSR count). The number of fused-ring (bicyclic) bond motifs is 2. The number of nitrogens with zero attached hydrogens (tertiary/aromatic N) is 4. The van der Waals surface area contributed by atoms with Gasteiger partial charge in [-0.15, -0.1) is 0 Å². The number of pyridine rings is 1. The summed E-state index contributed by atoms with van der Waals surface area (Å²) in [6.45, 7) is 1.88. The third-order valence-corrected chi connectivity index (χ3v) is 5.79. The first-order chi connectivity index (χ1) is 16.0. The predicted molar refractivity (Wildman–Crippen MR) is 123 cm³/mol. The largest absolute Gasteiger partial charge is 0.360 e. The summed E-state index contributed by atoms with van der Waals surface area (Å²) in [7, 11) is 0. The normalized spacial score (nSPS) is 12.4. The van der Waals surface area contributed by atoms with Gasteiger partial charge in [-0.2, -0.15) is 0 Å². The fourth-order valence-electron chi connectivity index (χ4n) is 3.95. The standard InChI is InChI=1S/C23H17ClF2N6O/c1-2-16(31-22-19-21(28-10-27-19)29-11-30-22)17-9-12-5-3-6-13(24)18(12)23(33)32(17)20-14(25)7-4-8-15(20)26/h3-11,16H,2H2,1H3,(H2,27,28,29,30,31)/t16-/m0/s1. The molecule has 0 amide bonds. The van der Waals surface area contributed by atoms with Gasteiger partial charge in [0.05, 0.1) is 22.8 Å². The van der Waals surface area contributed by atoms with Gasteiger partial charge < -0.3 is 10.3 Å². The molecule has 5 aromatic rings. The van der Waals surface area contributed by atoms with Gasteiger partial charge in [-0.05, 0) is 36.1 Å². The van der Waals surface area contributed by atoms with Crippen LogP contribution in [0.3, 0.4) is 0 Å². The number of para-hydroxylation sites is 1. The Kier molecular flexibility index (Phi) is 5.26. The van der Waals surface area contributed by atoms with Crippen molar-refractivity contribution in [1.82, 2.24) is 24.5 Å². The van der Waals surface area contributed by atoms with Crippen LogP contribution in [0.5, 0.6) is 0 Å². The molecule has 2 N–H and O–H groups in total. The van der Waals surface area contributed by atoms with Crippen molar-refractivity contribution in [3.8, 4) is 5.69 Å². The van der Waals surface area contributed by atoms with E-state index < -0.39 is 28.9 Å². The number of imidazole rings is 1. The fourth-order valence-corrected chi connectivity index (χ4v) is 4.21. The number of hydrogen-bond acceptors (Lipinski definition) is 5. The van der Waals surface area contributed by atoms with Crippen molar-refractivity contribution in [2.24, 2.45) is 0 Å². The quantitative estimate of drug-likeness (QED) is 0.374. The molecule has 0 spiro atoms. The van der Waals surface area contributed by atoms with Gasteiger partial charge >= 0.3 is 0 Å². The molecular weight excluding hydrogens is 450 g/mol. The van der Waals surface area contributed by atoms with E-state index in [0.29, 0.717) is 34.5 Å². The number of hydrogen-bond donors (Lipinski definition) is 2. The third kappa shape index (κ3) is 3.50. The van der Waals surface area contributed by atoms with E-state index in [1.165, 1.54) is 18.7 Å². The fraction of sp³-hybridized carbons (Fsp3) is 0.130. The lowest BCUT2D eigenvalue weighted by atomic mass is 10.0. The van der Waals surface area contributed by atoms with E-state index in [-0.39, 0.29) is 10.4 Å². The van der Waals surface area contributed by atoms with E-state index >= 15 is 0 Å². The van der Waals surface area contributed by atoms with Crippen LogP contribution in [0.4, 0.5) is 14.6 Å². The van der Waals surface area contributed by atoms with E-state index in [4.69, 9.17) is 11.6 Å². The summed E-state index contributed by atoms with van der Waals surface area (Å²) in [6.07, 6.45) is 3.34. The molecule has 0 aliphatic heterocycles. The second kappa shape index (κ2) is 8.25. The van der Waals surface area contributed by atoms with Crippen molar-refractivity contribution >= 4 is 39.4 Å². The van der Waals surface area contributed by atoms with Crippen LogP contribution in [-0.2, 0) is 0 Å². The number of anilines is 1. The van der Waals surface area contributed by atoms with Crippen LogP contribution in [0.25, 0.3) is 27.6 Å². The molecule has 2 aromatic carbocycles. The lowest BCUT2D eigenvalue weighted by molar-refractivity contribution is 0.558. The van der Waals surface area contributed by atoms with E-state index in [1.54, 1.807) is 24.3 Å². The summed E-state index contributed by atoms with van der Waals surface area (Å²) in [6, 6.07) is 9.64. The van der Waals surface area contributed by atoms with Crippen LogP contribution >= 0.6 is 11.6 Å². The lowest BCUT2D eigenvalue weighted by Gasteiger charge is -2.24. The van der Waals surface area contributed by atoms with Crippen LogP contribution in [0.1, 0.15) is 25.1 Å². The summed E-state index contributed by atoms with van der Waals surface area (Å²) < 4.78 is 30.8. The van der Waals surface area contributed by atoms with Gasteiger partial charge in [0.1, 0.15) is 29.2 Å². The van der Waals surface area contributed by atoms with Gasteiger partial charge in [0.15, 0.2) is 11.5 Å². The van der Waals surface area contributed by atoms with Gasteiger partial charge in [-0.25, -0.2) is 23.7 Å². The summed E-state index contributed by atoms with van der Waals surface area (Å²) in [4.78, 5) is 29.1. The second-order valence-corrected chi connectivity index (χ2v) is 7.82. The Morgan fingerprint density at radius 2 is 1.88 bits per heavy atom. The molecule has 33 heavy (non-hydrogen) atoms. The average Bonchev–Trinajstić information content (AvgIpc) is 3.28. The van der Waals surface area contributed by atoms with E-state index in [1.807, 2.05) is 6.92 Å². The zero-order chi connectivity index (χ0) is 23.1. The molecule has 3 heterocycles. The molecule has 0 unspecified atom stereocenters. The first-order valence-electron chi connectivity index (χ1n) is 10.2. The third-order valence-electron chi connectivity index (χ3n) is 5.48. The summed E-state index contributed by atoms with van der Waals surface area (Å²) in [5, 5.41) is 4.19. The monoisotopic (exact) mass is 466 g/mol. The highest BCUT2D eigenvalue weighted by molar-refractivity contribution is 6.35. The number of aromatic nitrogens is 5. The maximum atomic E-state index is 14.9. The van der Waals surface area contributed by atoms with Crippen molar-refractivity contribution < 1.29 is 8.78 Å². The molecule has 0 fully saturated rings. The smallest absolute Gasteiger partial charge is 0.264 e. The van der Waals surface area contributed by atoms with Gasteiger partial charge in [-0.3, -0.25) is 9.36 Å². The molecule has 0 bridgehead atoms. The predicted octanol–water partition coefficient (Wildman–Crippen LogP) is 5.15. The second-order valence-electron chi connectivity index (χ2n) is 7.41. The van der Waals surface area contributed by atoms with Crippen LogP contribution in [-0.4, -0.2) is 24.5 Å². The molecule has 1 atom stereocenters. The van der Waals surface area contributed by atoms with Crippen molar-refractivity contribution in [2.45, 2.75) is 19.4 Å². The SMILES string of the molecule is CC[C@H](Nc1ncnc2[nH]cnc12)c1cc2cccc(Cl)c2c(=O)n1-c1c(F)cccc1F. The maximum absolute atomic E-state index is 14.9. The molecule has 7 nitrogen and oxygen atoms in total. The molecule has 0 aliphatic carbocycles. The van der Waals surface area contributed by atoms with E-state index in [0.717, 1.165) is 16.7 Å². The maximum Gasteiger partial charge on any atom is 0.264 e. The minimum Gasteiger partial charge on any atom is -0.360 e. The van der Waals surface area contributed by atoms with Crippen molar-refractivity contribution in [3.05, 3.63) is 87.8 Å². The molecule has 0 saturated carbocycles. The number of halogens is 3. The van der Waals surface area contributed by atoms with Crippen LogP contribution in [0, 0.1) is 11.6 Å². The first kappa shape index (κ1) is 21.0. The van der Waals surface area contributed by atoms with Gasteiger partial charge in [-0.1, -0.05) is 36.7 Å². The highest BCUT2D eigenvalue weighted by Gasteiger charge is 2.24. The minimum atomic E-state index is -0.865. The first-order valence-corrected chi connectivity index (χ1v) is 10.6. The molecule has 166 valence electrons. The molecule has 0 radical (unpaired) electrons. The zero-order valence-electron chi connectivity index (χ0n) is 17.3. The Morgan fingerprint density at radius 3 is 2.64 bits per heavy atom. The Hall–Kier alpha value is -3.85. The number of aromatic amines is 1. The number of benzene rings is 2. The van der Waals surface area contributed by atoms with Crippen LogP contribution < -0.4 is 10.9 Å². The lowest BCUT2D eigenvalue weighted by Crippen LogP contribution is -2.28. The Balaban J connectivity index is 1.79. The molecular formula is C23H17ClF2N6O. The van der Waals surface area contributed by atoms with Crippen molar-refractivity contribution in [1.29, 1.82) is 0 Å². The van der Waals surface area contributed by atoms with E-state index in [9.17, 15) is 13.6 Å². The van der Waals surface area contributed by atoms with Crippen LogP contribution in [0.15, 0.2) is 59.9 Å². The van der Waals surface area contributed by atoms with Crippen molar-refractivity contribution in [2.75, 3.05) is 5.32 Å². The average molecular weight is 467 g/mol. The van der Waals surface area contributed by atoms with Crippen molar-refractivity contribution in [3.63, 3.8) is 0 Å². The summed E-state index contributed by atoms with van der Waals surface area (Å²) in [5.74, 6) is -1.31. The minimum absolute atomic E-state index is 0.178. The number of nitrogens with one attached hydrogen (secondary N) is 2. The molecule has 0 aliphatic rings. The zero-order valence-corrected chi connectivity index (χ0v) is 18.1. The number of rotatable bonds is 5. The van der Waals surface area contributed by atoms with E-state index in [2.05, 4.69) is 25.3 Å². The molecule has 0 saturated heterocycles. The summed E-state index contributed by atoms with van der Waals surface area (Å²) >= 11 is 6.30. The highest BCUT2D eigenvalue weighted by Crippen LogP contribution is 2.31. The van der Waals surface area contributed by atoms with Crippen LogP contribution in [0.2, 0.25) is 5.02 Å². The molecule has 3 aromatic heterocycles. The summed E-state index contributed by atoms with van der Waals surface area (Å²) in [5.41, 5.74) is 0.302.